The maximum atomic E-state index is 14.1. The third-order valence-corrected chi connectivity index (χ3v) is 9.24. The van der Waals surface area contributed by atoms with E-state index in [2.05, 4.69) is 0 Å². The van der Waals surface area contributed by atoms with Gasteiger partial charge in [-0.3, -0.25) is 24.1 Å². The van der Waals surface area contributed by atoms with Gasteiger partial charge in [0.25, 0.3) is 5.91 Å². The zero-order valence-electron chi connectivity index (χ0n) is 24.4. The highest BCUT2D eigenvalue weighted by Crippen LogP contribution is 2.53. The Balaban J connectivity index is 1.50. The van der Waals surface area contributed by atoms with Crippen LogP contribution in [0.2, 0.25) is 0 Å². The van der Waals surface area contributed by atoms with E-state index in [0.717, 1.165) is 16.7 Å². The lowest BCUT2D eigenvalue weighted by Gasteiger charge is -2.50. The molecule has 0 heterocycles. The minimum Gasteiger partial charge on any atom is -0.508 e. The third kappa shape index (κ3) is 4.16. The molecule has 44 heavy (non-hydrogen) atoms. The number of carbonyl (C=O) groups excluding carboxylic acids is 4. The van der Waals surface area contributed by atoms with Gasteiger partial charge in [-0.05, 0) is 73.5 Å². The smallest absolute Gasteiger partial charge is 0.255 e. The van der Waals surface area contributed by atoms with E-state index in [-0.39, 0.29) is 35.5 Å². The minimum absolute atomic E-state index is 0.0279. The minimum atomic E-state index is -2.69. The Kier molecular flexibility index (Phi) is 6.75. The van der Waals surface area contributed by atoms with Crippen LogP contribution in [0.5, 0.6) is 5.75 Å². The number of hydrogen-bond donors (Lipinski definition) is 5. The van der Waals surface area contributed by atoms with Gasteiger partial charge in [0.1, 0.15) is 28.6 Å². The van der Waals surface area contributed by atoms with E-state index in [1.54, 1.807) is 20.2 Å². The number of Topliss-reactive ketones (excluding diaryl/α,β-unsaturated/α-hetero) is 3. The number of benzene rings is 3. The van der Waals surface area contributed by atoms with Crippen molar-refractivity contribution in [2.75, 3.05) is 14.1 Å². The number of aromatic hydroxyl groups is 1. The first-order chi connectivity index (χ1) is 20.7. The number of ketones is 3. The zero-order chi connectivity index (χ0) is 31.8. The largest absolute Gasteiger partial charge is 0.508 e. The van der Waals surface area contributed by atoms with Crippen molar-refractivity contribution in [2.24, 2.45) is 17.6 Å². The van der Waals surface area contributed by atoms with Crippen molar-refractivity contribution < 1.29 is 39.6 Å². The SMILES string of the molecule is CC(=O)Cc1cccc(-c2ccc3cc4c(c(O)c3c2)C(O)=C2C(=O)[C@]3(O)C(O)=C(C(N)=O)C(=O)[C@@H](N(C)C)[C@@H]3C[C@@H]2C4)c1. The molecule has 0 saturated heterocycles. The number of primary amides is 1. The number of nitrogens with zero attached hydrogens (tertiary/aromatic N) is 1. The number of fused-ring (bicyclic) bond motifs is 4. The molecular formula is C34H32N2O8. The quantitative estimate of drug-likeness (QED) is 0.277. The maximum absolute atomic E-state index is 14.1. The summed E-state index contributed by atoms with van der Waals surface area (Å²) in [5.74, 6) is -6.76. The highest BCUT2D eigenvalue weighted by molar-refractivity contribution is 6.24. The predicted molar refractivity (Wildman–Crippen MR) is 162 cm³/mol. The number of amides is 1. The van der Waals surface area contributed by atoms with E-state index in [1.165, 1.54) is 11.8 Å². The van der Waals surface area contributed by atoms with Crippen molar-refractivity contribution in [3.63, 3.8) is 0 Å². The number of hydrogen-bond acceptors (Lipinski definition) is 9. The summed E-state index contributed by atoms with van der Waals surface area (Å²) in [7, 11) is 3.12. The molecule has 1 fully saturated rings. The highest BCUT2D eigenvalue weighted by atomic mass is 16.3. The Morgan fingerprint density at radius 3 is 2.39 bits per heavy atom. The molecule has 0 aromatic heterocycles. The van der Waals surface area contributed by atoms with Crippen molar-refractivity contribution in [1.82, 2.24) is 4.90 Å². The van der Waals surface area contributed by atoms with Gasteiger partial charge in [-0.2, -0.15) is 0 Å². The standard InChI is InChI=1S/C34H32N2O8/c1-15(37)9-16-5-4-6-17(10-16)18-7-8-19-11-20-12-21-14-23-27(36(2)3)30(40)26(33(35)43)32(42)34(23,44)31(41)25(21)29(39)24(20)28(38)22(19)13-18/h4-8,10-11,13,21,23,27,38-39,42,44H,9,12,14H2,1-3H3,(H2,35,43)/t21-,23-,27-,34-/m0/s1. The normalized spacial score (nSPS) is 24.8. The number of carbonyl (C=O) groups is 4. The molecule has 10 heteroatoms. The molecule has 3 aliphatic rings. The average Bonchev–Trinajstić information content (AvgIpc) is 2.94. The van der Waals surface area contributed by atoms with Crippen LogP contribution < -0.4 is 5.73 Å². The van der Waals surface area contributed by atoms with Crippen LogP contribution in [0.15, 0.2) is 65.4 Å². The molecule has 10 nitrogen and oxygen atoms in total. The molecule has 1 saturated carbocycles. The van der Waals surface area contributed by atoms with Gasteiger partial charge in [0.05, 0.1) is 11.6 Å². The molecule has 3 aromatic rings. The fraction of sp³-hybridized carbons (Fsp3) is 0.294. The number of aliphatic hydroxyl groups excluding tert-OH is 2. The van der Waals surface area contributed by atoms with Crippen molar-refractivity contribution in [3.8, 4) is 16.9 Å². The second-order valence-corrected chi connectivity index (χ2v) is 12.2. The van der Waals surface area contributed by atoms with Crippen molar-refractivity contribution in [1.29, 1.82) is 0 Å². The van der Waals surface area contributed by atoms with Crippen LogP contribution in [0.3, 0.4) is 0 Å². The fourth-order valence-corrected chi connectivity index (χ4v) is 7.34. The van der Waals surface area contributed by atoms with Crippen LogP contribution in [0.4, 0.5) is 0 Å². The van der Waals surface area contributed by atoms with E-state index in [9.17, 15) is 39.6 Å². The molecule has 4 atom stereocenters. The molecular weight excluding hydrogens is 564 g/mol. The first kappa shape index (κ1) is 29.3. The Hall–Kier alpha value is -4.80. The number of likely N-dealkylation sites (N-methyl/N-ethyl adjacent to an activating group) is 1. The summed E-state index contributed by atoms with van der Waals surface area (Å²) in [5.41, 5.74) is 4.72. The summed E-state index contributed by atoms with van der Waals surface area (Å²) in [6, 6.07) is 13.7. The van der Waals surface area contributed by atoms with Crippen LogP contribution >= 0.6 is 0 Å². The molecule has 1 amide bonds. The molecule has 0 aliphatic heterocycles. The van der Waals surface area contributed by atoms with Crippen LogP contribution in [0, 0.1) is 11.8 Å². The van der Waals surface area contributed by atoms with Crippen molar-refractivity contribution in [2.45, 2.75) is 37.8 Å². The summed E-state index contributed by atoms with van der Waals surface area (Å²) in [4.78, 5) is 52.6. The number of rotatable bonds is 5. The molecule has 0 spiro atoms. The lowest BCUT2D eigenvalue weighted by Crippen LogP contribution is -2.65. The lowest BCUT2D eigenvalue weighted by molar-refractivity contribution is -0.153. The molecule has 6 N–H and O–H groups in total. The van der Waals surface area contributed by atoms with Gasteiger partial charge in [-0.15, -0.1) is 0 Å². The van der Waals surface area contributed by atoms with Crippen molar-refractivity contribution in [3.05, 3.63) is 82.1 Å². The summed E-state index contributed by atoms with van der Waals surface area (Å²) in [6.07, 6.45) is 0.534. The lowest BCUT2D eigenvalue weighted by atomic mass is 9.57. The Bertz CT molecular complexity index is 1890. The molecule has 6 rings (SSSR count). The zero-order valence-corrected chi connectivity index (χ0v) is 24.4. The summed E-state index contributed by atoms with van der Waals surface area (Å²) in [6.45, 7) is 1.52. The molecule has 226 valence electrons. The van der Waals surface area contributed by atoms with Crippen LogP contribution in [0.1, 0.15) is 30.0 Å². The number of phenols is 1. The summed E-state index contributed by atoms with van der Waals surface area (Å²) in [5, 5.41) is 47.0. The molecule has 3 aliphatic carbocycles. The Labute approximate surface area is 252 Å². The number of phenolic OH excluding ortho intramolecular Hbond substituents is 1. The highest BCUT2D eigenvalue weighted by Gasteiger charge is 2.64. The first-order valence-corrected chi connectivity index (χ1v) is 14.3. The van der Waals surface area contributed by atoms with Gasteiger partial charge in [0.2, 0.25) is 5.78 Å². The summed E-state index contributed by atoms with van der Waals surface area (Å²) >= 11 is 0. The van der Waals surface area contributed by atoms with E-state index in [0.29, 0.717) is 22.8 Å². The van der Waals surface area contributed by atoms with Gasteiger partial charge in [0, 0.05) is 23.3 Å². The van der Waals surface area contributed by atoms with E-state index in [4.69, 9.17) is 5.73 Å². The van der Waals surface area contributed by atoms with Crippen molar-refractivity contribution >= 4 is 39.8 Å². The van der Waals surface area contributed by atoms with Gasteiger partial charge in [-0.1, -0.05) is 42.5 Å². The van der Waals surface area contributed by atoms with Crippen LogP contribution in [0.25, 0.3) is 27.7 Å². The molecule has 3 aromatic carbocycles. The number of aliphatic hydroxyl groups is 3. The second-order valence-electron chi connectivity index (χ2n) is 12.2. The average molecular weight is 597 g/mol. The van der Waals surface area contributed by atoms with E-state index in [1.807, 2.05) is 42.5 Å². The number of nitrogens with two attached hydrogens (primary N) is 1. The van der Waals surface area contributed by atoms with Gasteiger partial charge < -0.3 is 26.2 Å². The second kappa shape index (κ2) is 10.1. The van der Waals surface area contributed by atoms with Crippen LogP contribution in [-0.2, 0) is 32.0 Å². The van der Waals surface area contributed by atoms with Gasteiger partial charge in [-0.25, -0.2) is 0 Å². The Morgan fingerprint density at radius 2 is 1.73 bits per heavy atom. The van der Waals surface area contributed by atoms with Gasteiger partial charge >= 0.3 is 0 Å². The van der Waals surface area contributed by atoms with E-state index >= 15 is 0 Å². The summed E-state index contributed by atoms with van der Waals surface area (Å²) < 4.78 is 0. The third-order valence-electron chi connectivity index (χ3n) is 9.24. The molecule has 0 bridgehead atoms. The van der Waals surface area contributed by atoms with E-state index < -0.39 is 58.0 Å². The van der Waals surface area contributed by atoms with Gasteiger partial charge in [0.15, 0.2) is 11.4 Å². The molecule has 0 unspecified atom stereocenters. The predicted octanol–water partition coefficient (Wildman–Crippen LogP) is 2.92. The topological polar surface area (TPSA) is 178 Å². The maximum Gasteiger partial charge on any atom is 0.255 e. The molecule has 0 radical (unpaired) electrons. The van der Waals surface area contributed by atoms with Crippen LogP contribution in [-0.4, -0.2) is 74.3 Å². The Morgan fingerprint density at radius 1 is 1.02 bits per heavy atom. The first-order valence-electron chi connectivity index (χ1n) is 14.3. The fourth-order valence-electron chi connectivity index (χ4n) is 7.34. The monoisotopic (exact) mass is 596 g/mol.